The maximum Gasteiger partial charge on any atom is 0.417 e. The van der Waals surface area contributed by atoms with E-state index in [2.05, 4.69) is 20.5 Å². The lowest BCUT2D eigenvalue weighted by Crippen LogP contribution is -2.07. The Hall–Kier alpha value is -2.02. The molecule has 0 unspecified atom stereocenters. The number of nitrogens with zero attached hydrogens (tertiary/aromatic N) is 2. The molecule has 4 nitrogen and oxygen atoms in total. The summed E-state index contributed by atoms with van der Waals surface area (Å²) in [5.74, 6) is 0.0607. The molecule has 0 aliphatic carbocycles. The number of hydrogen-bond acceptors (Lipinski definition) is 3. The highest BCUT2D eigenvalue weighted by Gasteiger charge is 2.31. The van der Waals surface area contributed by atoms with E-state index in [0.717, 1.165) is 11.8 Å². The number of hydrazone groups is 1. The van der Waals surface area contributed by atoms with Crippen LogP contribution in [-0.4, -0.2) is 15.7 Å². The summed E-state index contributed by atoms with van der Waals surface area (Å²) in [7, 11) is 0. The lowest BCUT2D eigenvalue weighted by atomic mass is 10.3. The van der Waals surface area contributed by atoms with Crippen LogP contribution in [0.15, 0.2) is 35.7 Å². The van der Waals surface area contributed by atoms with Crippen LogP contribution in [0.1, 0.15) is 18.2 Å². The first kappa shape index (κ1) is 14.4. The van der Waals surface area contributed by atoms with Gasteiger partial charge in [0.2, 0.25) is 0 Å². The van der Waals surface area contributed by atoms with Crippen LogP contribution in [0, 0.1) is 0 Å². The number of pyridine rings is 1. The van der Waals surface area contributed by atoms with Gasteiger partial charge >= 0.3 is 6.18 Å². The number of halogens is 4. The van der Waals surface area contributed by atoms with Crippen molar-refractivity contribution in [1.29, 1.82) is 0 Å². The van der Waals surface area contributed by atoms with Crippen molar-refractivity contribution in [3.05, 3.63) is 46.9 Å². The first-order chi connectivity index (χ1) is 9.38. The number of nitrogens with one attached hydrogen (secondary N) is 2. The Labute approximate surface area is 117 Å². The molecule has 0 aromatic carbocycles. The highest BCUT2D eigenvalue weighted by Crippen LogP contribution is 2.32. The number of H-pyrrole nitrogens is 1. The smallest absolute Gasteiger partial charge is 0.360 e. The maximum absolute atomic E-state index is 12.4. The van der Waals surface area contributed by atoms with Crippen LogP contribution >= 0.6 is 11.6 Å². The normalized spacial score (nSPS) is 12.6. The summed E-state index contributed by atoms with van der Waals surface area (Å²) >= 11 is 5.74. The monoisotopic (exact) mass is 302 g/mol. The van der Waals surface area contributed by atoms with Crippen molar-refractivity contribution in [3.8, 4) is 0 Å². The molecule has 2 rings (SSSR count). The van der Waals surface area contributed by atoms with E-state index in [-0.39, 0.29) is 10.8 Å². The van der Waals surface area contributed by atoms with Crippen LogP contribution in [0.4, 0.5) is 19.0 Å². The molecule has 2 heterocycles. The van der Waals surface area contributed by atoms with Gasteiger partial charge in [-0.15, -0.1) is 0 Å². The van der Waals surface area contributed by atoms with Crippen molar-refractivity contribution in [2.24, 2.45) is 5.10 Å². The third kappa shape index (κ3) is 3.30. The zero-order valence-corrected chi connectivity index (χ0v) is 11.0. The summed E-state index contributed by atoms with van der Waals surface area (Å²) in [5.41, 5.74) is 3.03. The van der Waals surface area contributed by atoms with E-state index in [9.17, 15) is 13.2 Å². The Morgan fingerprint density at radius 3 is 2.75 bits per heavy atom. The van der Waals surface area contributed by atoms with Crippen LogP contribution in [0.25, 0.3) is 0 Å². The molecule has 0 radical (unpaired) electrons. The van der Waals surface area contributed by atoms with Crippen LogP contribution in [0.5, 0.6) is 0 Å². The predicted molar refractivity (Wildman–Crippen MR) is 70.9 cm³/mol. The Morgan fingerprint density at radius 1 is 1.45 bits per heavy atom. The zero-order chi connectivity index (χ0) is 14.8. The van der Waals surface area contributed by atoms with Crippen LogP contribution in [0.2, 0.25) is 5.02 Å². The van der Waals surface area contributed by atoms with Crippen molar-refractivity contribution < 1.29 is 13.2 Å². The fourth-order valence-corrected chi connectivity index (χ4v) is 1.64. The van der Waals surface area contributed by atoms with E-state index >= 15 is 0 Å². The predicted octanol–water partition coefficient (Wildman–Crippen LogP) is 3.92. The topological polar surface area (TPSA) is 53.1 Å². The molecule has 0 aliphatic rings. The average Bonchev–Trinajstić information content (AvgIpc) is 2.89. The Morgan fingerprint density at radius 2 is 2.20 bits per heavy atom. The van der Waals surface area contributed by atoms with Gasteiger partial charge in [0.1, 0.15) is 0 Å². The van der Waals surface area contributed by atoms with Gasteiger partial charge in [-0.05, 0) is 25.1 Å². The summed E-state index contributed by atoms with van der Waals surface area (Å²) in [6, 6.07) is 4.41. The van der Waals surface area contributed by atoms with Crippen molar-refractivity contribution in [2.45, 2.75) is 13.1 Å². The third-order valence-corrected chi connectivity index (χ3v) is 2.77. The van der Waals surface area contributed by atoms with Crippen molar-refractivity contribution in [1.82, 2.24) is 9.97 Å². The summed E-state index contributed by atoms with van der Waals surface area (Å²) in [4.78, 5) is 6.56. The first-order valence-corrected chi connectivity index (χ1v) is 5.92. The molecule has 0 bridgehead atoms. The molecule has 0 atom stereocenters. The summed E-state index contributed by atoms with van der Waals surface area (Å²) < 4.78 is 37.3. The zero-order valence-electron chi connectivity index (χ0n) is 10.3. The number of hydrogen-bond donors (Lipinski definition) is 2. The van der Waals surface area contributed by atoms with Crippen molar-refractivity contribution in [3.63, 3.8) is 0 Å². The first-order valence-electron chi connectivity index (χ1n) is 5.54. The lowest BCUT2D eigenvalue weighted by molar-refractivity contribution is -0.137. The lowest BCUT2D eigenvalue weighted by Gasteiger charge is -2.08. The molecule has 0 amide bonds. The van der Waals surface area contributed by atoms with Gasteiger partial charge in [0.25, 0.3) is 0 Å². The van der Waals surface area contributed by atoms with Crippen molar-refractivity contribution >= 4 is 23.1 Å². The minimum Gasteiger partial charge on any atom is -0.360 e. The molecule has 20 heavy (non-hydrogen) atoms. The molecule has 8 heteroatoms. The van der Waals surface area contributed by atoms with Gasteiger partial charge in [-0.2, -0.15) is 18.3 Å². The summed E-state index contributed by atoms with van der Waals surface area (Å²) in [6.07, 6.45) is -2.04. The summed E-state index contributed by atoms with van der Waals surface area (Å²) in [5, 5.41) is 3.85. The Balaban J connectivity index is 2.17. The van der Waals surface area contributed by atoms with Crippen LogP contribution in [0.3, 0.4) is 0 Å². The number of aromatic nitrogens is 2. The number of rotatable bonds is 3. The van der Waals surface area contributed by atoms with Gasteiger partial charge in [0.05, 0.1) is 22.0 Å². The quantitative estimate of drug-likeness (QED) is 0.667. The molecule has 0 saturated carbocycles. The van der Waals surface area contributed by atoms with Gasteiger partial charge in [-0.3, -0.25) is 5.43 Å². The van der Waals surface area contributed by atoms with Crippen LogP contribution in [-0.2, 0) is 6.18 Å². The molecule has 0 fully saturated rings. The van der Waals surface area contributed by atoms with Gasteiger partial charge < -0.3 is 4.98 Å². The van der Waals surface area contributed by atoms with E-state index in [1.807, 2.05) is 6.07 Å². The van der Waals surface area contributed by atoms with E-state index in [4.69, 9.17) is 11.6 Å². The highest BCUT2D eigenvalue weighted by atomic mass is 35.5. The van der Waals surface area contributed by atoms with Gasteiger partial charge in [-0.25, -0.2) is 4.98 Å². The van der Waals surface area contributed by atoms with Gasteiger partial charge in [-0.1, -0.05) is 11.6 Å². The second kappa shape index (κ2) is 5.54. The largest absolute Gasteiger partial charge is 0.417 e. The fraction of sp³-hybridized carbons (Fsp3) is 0.167. The number of alkyl halides is 3. The second-order valence-corrected chi connectivity index (χ2v) is 4.35. The highest BCUT2D eigenvalue weighted by molar-refractivity contribution is 6.33. The number of aromatic amines is 1. The van der Waals surface area contributed by atoms with Gasteiger partial charge in [0, 0.05) is 12.4 Å². The van der Waals surface area contributed by atoms with E-state index < -0.39 is 11.7 Å². The minimum atomic E-state index is -4.47. The Kier molecular flexibility index (Phi) is 3.99. The molecular formula is C12H10ClF3N4. The van der Waals surface area contributed by atoms with E-state index in [0.29, 0.717) is 11.9 Å². The average molecular weight is 303 g/mol. The van der Waals surface area contributed by atoms with Crippen LogP contribution < -0.4 is 5.43 Å². The molecule has 2 N–H and O–H groups in total. The summed E-state index contributed by atoms with van der Waals surface area (Å²) in [6.45, 7) is 1.73. The molecule has 0 spiro atoms. The number of anilines is 1. The molecule has 0 aliphatic heterocycles. The van der Waals surface area contributed by atoms with E-state index in [1.165, 1.54) is 0 Å². The van der Waals surface area contributed by atoms with Gasteiger partial charge in [0.15, 0.2) is 5.82 Å². The maximum atomic E-state index is 12.4. The minimum absolute atomic E-state index is 0.0607. The molecule has 106 valence electrons. The van der Waals surface area contributed by atoms with E-state index in [1.54, 1.807) is 19.2 Å². The molecule has 2 aromatic heterocycles. The standard InChI is InChI=1S/C12H10ClF3N4/c1-7(10-3-2-4-17-10)19-20-11-9(13)5-8(6-18-11)12(14,15)16/h2-6,17H,1H3,(H,18,20)/b19-7+. The molecular weight excluding hydrogens is 293 g/mol. The third-order valence-electron chi connectivity index (χ3n) is 2.49. The molecule has 0 saturated heterocycles. The Bertz CT molecular complexity index is 620. The fourth-order valence-electron chi connectivity index (χ4n) is 1.43. The molecule has 2 aromatic rings. The van der Waals surface area contributed by atoms with Crippen molar-refractivity contribution in [2.75, 3.05) is 5.43 Å². The second-order valence-electron chi connectivity index (χ2n) is 3.94. The SMILES string of the molecule is C/C(=N\Nc1ncc(C(F)(F)F)cc1Cl)c1ccc[nH]1.